The summed E-state index contributed by atoms with van der Waals surface area (Å²) in [6.45, 7) is 5.70. The van der Waals surface area contributed by atoms with Crippen molar-refractivity contribution >= 4 is 0 Å². The van der Waals surface area contributed by atoms with Crippen molar-refractivity contribution in [3.05, 3.63) is 35.4 Å². The lowest BCUT2D eigenvalue weighted by molar-refractivity contribution is 0.355. The van der Waals surface area contributed by atoms with Crippen molar-refractivity contribution in [2.24, 2.45) is 5.92 Å². The summed E-state index contributed by atoms with van der Waals surface area (Å²) in [6.07, 6.45) is 5.02. The van der Waals surface area contributed by atoms with E-state index in [-0.39, 0.29) is 0 Å². The molecule has 0 spiro atoms. The highest BCUT2D eigenvalue weighted by Gasteiger charge is 2.26. The van der Waals surface area contributed by atoms with E-state index < -0.39 is 0 Å². The number of benzene rings is 1. The Morgan fingerprint density at radius 3 is 2.31 bits per heavy atom. The van der Waals surface area contributed by atoms with Crippen molar-refractivity contribution in [1.29, 1.82) is 0 Å². The van der Waals surface area contributed by atoms with E-state index in [0.717, 1.165) is 12.5 Å². The van der Waals surface area contributed by atoms with E-state index in [1.54, 1.807) is 11.1 Å². The van der Waals surface area contributed by atoms with E-state index in [1.807, 2.05) is 0 Å². The van der Waals surface area contributed by atoms with Crippen molar-refractivity contribution in [2.75, 3.05) is 6.54 Å². The summed E-state index contributed by atoms with van der Waals surface area (Å²) in [5, 5.41) is 3.70. The van der Waals surface area contributed by atoms with Crippen LogP contribution in [-0.2, 0) is 12.8 Å². The van der Waals surface area contributed by atoms with Crippen LogP contribution in [0.1, 0.15) is 37.8 Å². The Kier molecular flexibility index (Phi) is 4.00. The molecule has 0 aromatic heterocycles. The van der Waals surface area contributed by atoms with Gasteiger partial charge >= 0.3 is 0 Å². The van der Waals surface area contributed by atoms with Crippen molar-refractivity contribution in [1.82, 2.24) is 5.32 Å². The average Bonchev–Trinajstić information content (AvgIpc) is 2.73. The van der Waals surface area contributed by atoms with Crippen molar-refractivity contribution in [2.45, 2.75) is 45.6 Å². The maximum Gasteiger partial charge on any atom is 0.00990 e. The minimum atomic E-state index is 0.701. The molecule has 2 rings (SSSR count). The topological polar surface area (TPSA) is 12.0 Å². The third-order valence-electron chi connectivity index (χ3n) is 3.75. The molecule has 0 amide bonds. The van der Waals surface area contributed by atoms with Crippen LogP contribution in [0.4, 0.5) is 0 Å². The van der Waals surface area contributed by atoms with Gasteiger partial charge in [-0.15, -0.1) is 0 Å². The fraction of sp³-hybridized carbons (Fsp3) is 0.600. The van der Waals surface area contributed by atoms with Gasteiger partial charge in [-0.2, -0.15) is 0 Å². The van der Waals surface area contributed by atoms with E-state index in [0.29, 0.717) is 6.04 Å². The van der Waals surface area contributed by atoms with E-state index in [4.69, 9.17) is 0 Å². The summed E-state index contributed by atoms with van der Waals surface area (Å²) in [6, 6.07) is 9.62. The van der Waals surface area contributed by atoms with E-state index >= 15 is 0 Å². The number of hydrogen-bond acceptors (Lipinski definition) is 1. The van der Waals surface area contributed by atoms with Crippen LogP contribution in [0.25, 0.3) is 0 Å². The molecule has 0 saturated heterocycles. The fourth-order valence-corrected chi connectivity index (χ4v) is 2.85. The predicted octanol–water partition coefficient (Wildman–Crippen LogP) is 3.18. The number of rotatable bonds is 5. The Morgan fingerprint density at radius 2 is 1.81 bits per heavy atom. The molecule has 0 heterocycles. The third-order valence-corrected chi connectivity index (χ3v) is 3.75. The maximum absolute atomic E-state index is 3.70. The third kappa shape index (κ3) is 2.46. The molecule has 0 fully saturated rings. The molecular weight excluding hydrogens is 194 g/mol. The molecule has 0 saturated carbocycles. The average molecular weight is 217 g/mol. The van der Waals surface area contributed by atoms with Crippen LogP contribution in [0.2, 0.25) is 0 Å². The zero-order valence-electron chi connectivity index (χ0n) is 10.5. The molecule has 0 aliphatic heterocycles. The van der Waals surface area contributed by atoms with Crippen LogP contribution in [-0.4, -0.2) is 12.6 Å². The molecule has 0 bridgehead atoms. The Hall–Kier alpha value is -0.820. The first-order valence-electron chi connectivity index (χ1n) is 6.65. The second-order valence-corrected chi connectivity index (χ2v) is 4.91. The van der Waals surface area contributed by atoms with Gasteiger partial charge in [0, 0.05) is 6.04 Å². The minimum Gasteiger partial charge on any atom is -0.314 e. The van der Waals surface area contributed by atoms with Crippen LogP contribution in [0, 0.1) is 5.92 Å². The molecule has 1 atom stereocenters. The zero-order chi connectivity index (χ0) is 11.4. The van der Waals surface area contributed by atoms with Crippen molar-refractivity contribution in [3.8, 4) is 0 Å². The van der Waals surface area contributed by atoms with E-state index in [2.05, 4.69) is 43.4 Å². The second-order valence-electron chi connectivity index (χ2n) is 4.91. The molecule has 0 radical (unpaired) electrons. The summed E-state index contributed by atoms with van der Waals surface area (Å²) in [5.74, 6) is 0.814. The van der Waals surface area contributed by atoms with E-state index in [9.17, 15) is 0 Å². The van der Waals surface area contributed by atoms with Gasteiger partial charge in [-0.1, -0.05) is 38.1 Å². The summed E-state index contributed by atoms with van der Waals surface area (Å²) in [5.41, 5.74) is 3.15. The van der Waals surface area contributed by atoms with Crippen LogP contribution < -0.4 is 5.32 Å². The maximum atomic E-state index is 3.70. The highest BCUT2D eigenvalue weighted by Crippen LogP contribution is 2.29. The van der Waals surface area contributed by atoms with Gasteiger partial charge in [0.05, 0.1) is 0 Å². The largest absolute Gasteiger partial charge is 0.314 e. The van der Waals surface area contributed by atoms with Gasteiger partial charge in [0.25, 0.3) is 0 Å². The van der Waals surface area contributed by atoms with Crippen molar-refractivity contribution in [3.63, 3.8) is 0 Å². The standard InChI is InChI=1S/C15H23N/c1-3-9-16-15(4-2)14-10-12-7-5-6-8-13(12)11-14/h5-8,14-16H,3-4,9-11H2,1-2H3. The Morgan fingerprint density at radius 1 is 1.19 bits per heavy atom. The quantitative estimate of drug-likeness (QED) is 0.798. The van der Waals surface area contributed by atoms with Crippen LogP contribution >= 0.6 is 0 Å². The van der Waals surface area contributed by atoms with Gasteiger partial charge < -0.3 is 5.32 Å². The predicted molar refractivity (Wildman–Crippen MR) is 69.7 cm³/mol. The highest BCUT2D eigenvalue weighted by molar-refractivity contribution is 5.32. The molecule has 1 heteroatoms. The summed E-state index contributed by atoms with van der Waals surface area (Å²) in [4.78, 5) is 0. The first-order valence-corrected chi connectivity index (χ1v) is 6.65. The summed E-state index contributed by atoms with van der Waals surface area (Å²) in [7, 11) is 0. The number of fused-ring (bicyclic) bond motifs is 1. The molecule has 16 heavy (non-hydrogen) atoms. The Labute approximate surface area is 99.3 Å². The molecule has 1 unspecified atom stereocenters. The first kappa shape index (κ1) is 11.7. The van der Waals surface area contributed by atoms with Gasteiger partial charge in [0.15, 0.2) is 0 Å². The fourth-order valence-electron chi connectivity index (χ4n) is 2.85. The Balaban J connectivity index is 1.98. The van der Waals surface area contributed by atoms with Crippen LogP contribution in [0.5, 0.6) is 0 Å². The van der Waals surface area contributed by atoms with Gasteiger partial charge in [-0.3, -0.25) is 0 Å². The molecule has 1 aromatic carbocycles. The van der Waals surface area contributed by atoms with Gasteiger partial charge in [-0.25, -0.2) is 0 Å². The summed E-state index contributed by atoms with van der Waals surface area (Å²) < 4.78 is 0. The zero-order valence-corrected chi connectivity index (χ0v) is 10.5. The molecule has 1 nitrogen and oxygen atoms in total. The second kappa shape index (κ2) is 5.49. The molecule has 1 aliphatic carbocycles. The lowest BCUT2D eigenvalue weighted by Gasteiger charge is -2.23. The van der Waals surface area contributed by atoms with Crippen LogP contribution in [0.15, 0.2) is 24.3 Å². The molecule has 1 N–H and O–H groups in total. The van der Waals surface area contributed by atoms with Crippen LogP contribution in [0.3, 0.4) is 0 Å². The van der Waals surface area contributed by atoms with Gasteiger partial charge in [0.1, 0.15) is 0 Å². The molecule has 1 aromatic rings. The first-order chi connectivity index (χ1) is 7.85. The smallest absolute Gasteiger partial charge is 0.00990 e. The summed E-state index contributed by atoms with van der Waals surface area (Å²) >= 11 is 0. The van der Waals surface area contributed by atoms with Crippen molar-refractivity contribution < 1.29 is 0 Å². The van der Waals surface area contributed by atoms with Gasteiger partial charge in [0.2, 0.25) is 0 Å². The Bertz CT molecular complexity index is 307. The van der Waals surface area contributed by atoms with Gasteiger partial charge in [-0.05, 0) is 49.3 Å². The highest BCUT2D eigenvalue weighted by atomic mass is 14.9. The van der Waals surface area contributed by atoms with E-state index in [1.165, 1.54) is 25.7 Å². The number of hydrogen-bond donors (Lipinski definition) is 1. The SMILES string of the molecule is CCCNC(CC)C1Cc2ccccc2C1. The monoisotopic (exact) mass is 217 g/mol. The lowest BCUT2D eigenvalue weighted by atomic mass is 9.94. The lowest BCUT2D eigenvalue weighted by Crippen LogP contribution is -2.36. The molecular formula is C15H23N. The molecule has 88 valence electrons. The molecule has 1 aliphatic rings. The number of nitrogens with one attached hydrogen (secondary N) is 1. The normalized spacial score (nSPS) is 17.4. The minimum absolute atomic E-state index is 0.701.